The lowest BCUT2D eigenvalue weighted by molar-refractivity contribution is -0.134. The molecule has 2 heterocycles. The van der Waals surface area contributed by atoms with Crippen molar-refractivity contribution in [2.45, 2.75) is 12.8 Å². The number of rotatable bonds is 5. The van der Waals surface area contributed by atoms with Crippen molar-refractivity contribution in [3.05, 3.63) is 54.1 Å². The number of carbonyl (C=O) groups is 2. The highest BCUT2D eigenvalue weighted by Gasteiger charge is 2.22. The molecule has 2 amide bonds. The van der Waals surface area contributed by atoms with Crippen LogP contribution in [0.2, 0.25) is 0 Å². The molecule has 1 saturated heterocycles. The number of aromatic amines is 1. The molecule has 26 heavy (non-hydrogen) atoms. The second-order valence-corrected chi connectivity index (χ2v) is 6.23. The van der Waals surface area contributed by atoms with Crippen molar-refractivity contribution < 1.29 is 18.7 Å². The van der Waals surface area contributed by atoms with Crippen molar-refractivity contribution in [1.82, 2.24) is 14.8 Å². The summed E-state index contributed by atoms with van der Waals surface area (Å²) in [6, 6.07) is 9.32. The molecule has 1 aliphatic rings. The zero-order valence-electron chi connectivity index (χ0n) is 14.5. The molecule has 0 aliphatic carbocycles. The van der Waals surface area contributed by atoms with E-state index in [9.17, 15) is 14.0 Å². The van der Waals surface area contributed by atoms with Crippen molar-refractivity contribution in [2.75, 3.05) is 32.8 Å². The van der Waals surface area contributed by atoms with Gasteiger partial charge in [-0.1, -0.05) is 0 Å². The Hall–Kier alpha value is -2.83. The van der Waals surface area contributed by atoms with Crippen LogP contribution < -0.4 is 4.74 Å². The Labute approximate surface area is 151 Å². The molecular formula is C19H22FN3O3. The van der Waals surface area contributed by atoms with Crippen molar-refractivity contribution in [3.8, 4) is 5.75 Å². The number of hydrogen-bond acceptors (Lipinski definition) is 3. The molecule has 1 N–H and O–H groups in total. The Morgan fingerprint density at radius 3 is 2.35 bits per heavy atom. The number of aromatic nitrogens is 1. The van der Waals surface area contributed by atoms with Crippen molar-refractivity contribution in [3.63, 3.8) is 0 Å². The van der Waals surface area contributed by atoms with Crippen molar-refractivity contribution in [2.24, 2.45) is 0 Å². The topological polar surface area (TPSA) is 65.6 Å². The number of benzene rings is 1. The number of nitrogens with zero attached hydrogens (tertiary/aromatic N) is 2. The summed E-state index contributed by atoms with van der Waals surface area (Å²) in [6.07, 6.45) is 2.87. The Bertz CT molecular complexity index is 731. The molecule has 2 aromatic rings. The molecule has 0 bridgehead atoms. The van der Waals surface area contributed by atoms with E-state index in [0.717, 1.165) is 12.1 Å². The van der Waals surface area contributed by atoms with Gasteiger partial charge >= 0.3 is 0 Å². The van der Waals surface area contributed by atoms with E-state index in [0.29, 0.717) is 38.3 Å². The van der Waals surface area contributed by atoms with E-state index in [1.807, 2.05) is 12.1 Å². The Kier molecular flexibility index (Phi) is 5.88. The summed E-state index contributed by atoms with van der Waals surface area (Å²) in [5, 5.41) is 0. The highest BCUT2D eigenvalue weighted by atomic mass is 19.1. The van der Waals surface area contributed by atoms with Crippen LogP contribution in [-0.4, -0.2) is 59.4 Å². The van der Waals surface area contributed by atoms with Gasteiger partial charge in [0.05, 0.1) is 6.42 Å². The van der Waals surface area contributed by atoms with Gasteiger partial charge in [0.1, 0.15) is 11.6 Å². The Morgan fingerprint density at radius 2 is 1.69 bits per heavy atom. The summed E-state index contributed by atoms with van der Waals surface area (Å²) in [6.45, 7) is 2.14. The number of halogens is 1. The highest BCUT2D eigenvalue weighted by molar-refractivity contribution is 5.79. The Morgan fingerprint density at radius 1 is 1.00 bits per heavy atom. The largest absolute Gasteiger partial charge is 0.484 e. The van der Waals surface area contributed by atoms with E-state index < -0.39 is 0 Å². The van der Waals surface area contributed by atoms with E-state index in [4.69, 9.17) is 4.74 Å². The van der Waals surface area contributed by atoms with Gasteiger partial charge < -0.3 is 19.5 Å². The molecule has 0 spiro atoms. The van der Waals surface area contributed by atoms with E-state index >= 15 is 0 Å². The highest BCUT2D eigenvalue weighted by Crippen LogP contribution is 2.12. The number of amides is 2. The van der Waals surface area contributed by atoms with Gasteiger partial charge in [-0.2, -0.15) is 0 Å². The lowest BCUT2D eigenvalue weighted by atomic mass is 10.2. The fourth-order valence-corrected chi connectivity index (χ4v) is 2.94. The predicted octanol–water partition coefficient (Wildman–Crippen LogP) is 1.84. The summed E-state index contributed by atoms with van der Waals surface area (Å²) in [7, 11) is 0. The standard InChI is InChI=1S/C19H22FN3O3/c20-15-4-6-17(7-5-15)26-14-19(25)23-10-2-9-22(11-12-23)18(24)13-16-3-1-8-21-16/h1,3-8,21H,2,9-14H2. The summed E-state index contributed by atoms with van der Waals surface area (Å²) >= 11 is 0. The molecule has 1 fully saturated rings. The lowest BCUT2D eigenvalue weighted by Crippen LogP contribution is -2.39. The summed E-state index contributed by atoms with van der Waals surface area (Å²) < 4.78 is 18.3. The minimum absolute atomic E-state index is 0.0595. The van der Waals surface area contributed by atoms with Gasteiger partial charge in [-0.05, 0) is 42.8 Å². The van der Waals surface area contributed by atoms with Crippen LogP contribution in [0.1, 0.15) is 12.1 Å². The SMILES string of the molecule is O=C(COc1ccc(F)cc1)N1CCCN(C(=O)Cc2ccc[nH]2)CC1. The number of hydrogen-bond donors (Lipinski definition) is 1. The maximum Gasteiger partial charge on any atom is 0.260 e. The molecule has 0 radical (unpaired) electrons. The third-order valence-electron chi connectivity index (χ3n) is 4.38. The number of ether oxygens (including phenoxy) is 1. The monoisotopic (exact) mass is 359 g/mol. The second kappa shape index (κ2) is 8.51. The summed E-state index contributed by atoms with van der Waals surface area (Å²) in [5.74, 6) is 0.0370. The average Bonchev–Trinajstić information content (AvgIpc) is 3.02. The maximum atomic E-state index is 12.9. The zero-order valence-corrected chi connectivity index (χ0v) is 14.5. The van der Waals surface area contributed by atoms with Gasteiger partial charge in [-0.25, -0.2) is 4.39 Å². The first kappa shape index (κ1) is 18.0. The molecule has 138 valence electrons. The number of nitrogens with one attached hydrogen (secondary N) is 1. The molecule has 0 saturated carbocycles. The van der Waals surface area contributed by atoms with E-state index in [-0.39, 0.29) is 24.2 Å². The van der Waals surface area contributed by atoms with Crippen LogP contribution in [0.5, 0.6) is 5.75 Å². The predicted molar refractivity (Wildman–Crippen MR) is 94.2 cm³/mol. The van der Waals surface area contributed by atoms with Crippen LogP contribution in [0.4, 0.5) is 4.39 Å². The summed E-state index contributed by atoms with van der Waals surface area (Å²) in [4.78, 5) is 31.3. The van der Waals surface area contributed by atoms with E-state index in [1.165, 1.54) is 24.3 Å². The third-order valence-corrected chi connectivity index (χ3v) is 4.38. The van der Waals surface area contributed by atoms with Gasteiger partial charge in [0, 0.05) is 38.1 Å². The second-order valence-electron chi connectivity index (χ2n) is 6.23. The average molecular weight is 359 g/mol. The van der Waals surface area contributed by atoms with Crippen molar-refractivity contribution >= 4 is 11.8 Å². The Balaban J connectivity index is 1.47. The number of H-pyrrole nitrogens is 1. The molecule has 7 heteroatoms. The van der Waals surface area contributed by atoms with Crippen molar-refractivity contribution in [1.29, 1.82) is 0 Å². The fraction of sp³-hybridized carbons (Fsp3) is 0.368. The van der Waals surface area contributed by atoms with Gasteiger partial charge in [-0.3, -0.25) is 9.59 Å². The molecule has 1 aliphatic heterocycles. The molecule has 3 rings (SSSR count). The number of carbonyl (C=O) groups excluding carboxylic acids is 2. The van der Waals surface area contributed by atoms with Gasteiger partial charge in [0.2, 0.25) is 5.91 Å². The van der Waals surface area contributed by atoms with E-state index in [1.54, 1.807) is 16.0 Å². The fourth-order valence-electron chi connectivity index (χ4n) is 2.94. The van der Waals surface area contributed by atoms with Crippen LogP contribution in [-0.2, 0) is 16.0 Å². The minimum Gasteiger partial charge on any atom is -0.484 e. The minimum atomic E-state index is -0.347. The molecular weight excluding hydrogens is 337 g/mol. The zero-order chi connectivity index (χ0) is 18.4. The molecule has 1 aromatic carbocycles. The molecule has 6 nitrogen and oxygen atoms in total. The van der Waals surface area contributed by atoms with Crippen LogP contribution in [0.3, 0.4) is 0 Å². The van der Waals surface area contributed by atoms with Gasteiger partial charge in [-0.15, -0.1) is 0 Å². The first-order valence-electron chi connectivity index (χ1n) is 8.68. The third kappa shape index (κ3) is 4.84. The maximum absolute atomic E-state index is 12.9. The van der Waals surface area contributed by atoms with E-state index in [2.05, 4.69) is 4.98 Å². The molecule has 0 atom stereocenters. The molecule has 0 unspecified atom stereocenters. The first-order chi connectivity index (χ1) is 12.6. The smallest absolute Gasteiger partial charge is 0.260 e. The quantitative estimate of drug-likeness (QED) is 0.886. The normalized spacial score (nSPS) is 14.8. The van der Waals surface area contributed by atoms with Crippen LogP contribution >= 0.6 is 0 Å². The van der Waals surface area contributed by atoms with Crippen LogP contribution in [0, 0.1) is 5.82 Å². The molecule has 1 aromatic heterocycles. The van der Waals surface area contributed by atoms with Crippen LogP contribution in [0.25, 0.3) is 0 Å². The lowest BCUT2D eigenvalue weighted by Gasteiger charge is -2.22. The van der Waals surface area contributed by atoms with Gasteiger partial charge in [0.25, 0.3) is 5.91 Å². The summed E-state index contributed by atoms with van der Waals surface area (Å²) in [5.41, 5.74) is 0.889. The first-order valence-corrected chi connectivity index (χ1v) is 8.68. The van der Waals surface area contributed by atoms with Gasteiger partial charge in [0.15, 0.2) is 6.61 Å². The van der Waals surface area contributed by atoms with Crippen LogP contribution in [0.15, 0.2) is 42.6 Å².